The quantitative estimate of drug-likeness (QED) is 0.847. The van der Waals surface area contributed by atoms with E-state index in [0.717, 1.165) is 24.9 Å². The molecule has 0 bridgehead atoms. The number of oxazole rings is 1. The molecule has 1 amide bonds. The standard InChI is InChI=1S/C15H19N3O2/c1-2-3-9-12(16)15-18-13(10-20-15)14(19)17-11-7-5-4-6-8-11/h4-8,10,12H,2-3,9,16H2,1H3,(H,17,19). The molecular formula is C15H19N3O2. The number of nitrogens with one attached hydrogen (secondary N) is 1. The average Bonchev–Trinajstić information content (AvgIpc) is 2.96. The first-order chi connectivity index (χ1) is 9.70. The zero-order valence-electron chi connectivity index (χ0n) is 11.5. The molecule has 0 aliphatic rings. The molecule has 0 spiro atoms. The molecule has 1 aromatic heterocycles. The number of nitrogens with two attached hydrogens (primary N) is 1. The molecule has 1 heterocycles. The van der Waals surface area contributed by atoms with E-state index in [2.05, 4.69) is 17.2 Å². The van der Waals surface area contributed by atoms with E-state index in [4.69, 9.17) is 10.2 Å². The van der Waals surface area contributed by atoms with Gasteiger partial charge < -0.3 is 15.5 Å². The van der Waals surface area contributed by atoms with E-state index in [1.165, 1.54) is 6.26 Å². The van der Waals surface area contributed by atoms with Crippen molar-refractivity contribution in [3.05, 3.63) is 48.2 Å². The molecule has 0 fully saturated rings. The molecule has 0 saturated heterocycles. The minimum atomic E-state index is -0.297. The lowest BCUT2D eigenvalue weighted by molar-refractivity contribution is 0.102. The maximum Gasteiger partial charge on any atom is 0.277 e. The zero-order valence-corrected chi connectivity index (χ0v) is 11.5. The number of unbranched alkanes of at least 4 members (excludes halogenated alkanes) is 1. The molecule has 1 atom stereocenters. The molecule has 1 unspecified atom stereocenters. The summed E-state index contributed by atoms with van der Waals surface area (Å²) in [5.74, 6) is 0.116. The fourth-order valence-electron chi connectivity index (χ4n) is 1.83. The third-order valence-electron chi connectivity index (χ3n) is 2.97. The van der Waals surface area contributed by atoms with Gasteiger partial charge in [0, 0.05) is 5.69 Å². The molecule has 106 valence electrons. The second-order valence-corrected chi connectivity index (χ2v) is 4.64. The van der Waals surface area contributed by atoms with Crippen LogP contribution in [0.15, 0.2) is 41.0 Å². The average molecular weight is 273 g/mol. The van der Waals surface area contributed by atoms with Crippen LogP contribution in [0, 0.1) is 0 Å². The minimum absolute atomic E-state index is 0.246. The van der Waals surface area contributed by atoms with Gasteiger partial charge in [0.1, 0.15) is 6.26 Å². The summed E-state index contributed by atoms with van der Waals surface area (Å²) in [6, 6.07) is 8.96. The van der Waals surface area contributed by atoms with E-state index in [1.54, 1.807) is 0 Å². The topological polar surface area (TPSA) is 81.1 Å². The highest BCUT2D eigenvalue weighted by Gasteiger charge is 2.16. The molecule has 0 aliphatic carbocycles. The Morgan fingerprint density at radius 3 is 2.85 bits per heavy atom. The van der Waals surface area contributed by atoms with Crippen LogP contribution in [-0.2, 0) is 0 Å². The smallest absolute Gasteiger partial charge is 0.277 e. The van der Waals surface area contributed by atoms with E-state index in [9.17, 15) is 4.79 Å². The van der Waals surface area contributed by atoms with Gasteiger partial charge in [-0.25, -0.2) is 4.98 Å². The van der Waals surface area contributed by atoms with Crippen LogP contribution in [0.25, 0.3) is 0 Å². The fourth-order valence-corrected chi connectivity index (χ4v) is 1.83. The third kappa shape index (κ3) is 3.68. The maximum absolute atomic E-state index is 12.0. The van der Waals surface area contributed by atoms with Crippen LogP contribution >= 0.6 is 0 Å². The SMILES string of the molecule is CCCCC(N)c1nc(C(=O)Nc2ccccc2)co1. The van der Waals surface area contributed by atoms with Crippen molar-refractivity contribution >= 4 is 11.6 Å². The number of rotatable bonds is 6. The van der Waals surface area contributed by atoms with Gasteiger partial charge in [-0.05, 0) is 18.6 Å². The first-order valence-corrected chi connectivity index (χ1v) is 6.78. The van der Waals surface area contributed by atoms with Crippen molar-refractivity contribution < 1.29 is 9.21 Å². The van der Waals surface area contributed by atoms with Crippen molar-refractivity contribution in [2.75, 3.05) is 5.32 Å². The van der Waals surface area contributed by atoms with Crippen LogP contribution in [0.2, 0.25) is 0 Å². The zero-order chi connectivity index (χ0) is 14.4. The Hall–Kier alpha value is -2.14. The van der Waals surface area contributed by atoms with E-state index in [1.807, 2.05) is 30.3 Å². The molecule has 2 aromatic rings. The van der Waals surface area contributed by atoms with Crippen molar-refractivity contribution in [3.63, 3.8) is 0 Å². The molecule has 0 saturated carbocycles. The van der Waals surface area contributed by atoms with E-state index in [-0.39, 0.29) is 17.6 Å². The van der Waals surface area contributed by atoms with E-state index in [0.29, 0.717) is 5.89 Å². The summed E-state index contributed by atoms with van der Waals surface area (Å²) in [5, 5.41) is 2.75. The van der Waals surface area contributed by atoms with Crippen LogP contribution in [0.5, 0.6) is 0 Å². The Morgan fingerprint density at radius 1 is 1.40 bits per heavy atom. The van der Waals surface area contributed by atoms with Crippen molar-refractivity contribution in [3.8, 4) is 0 Å². The Balaban J connectivity index is 1.99. The first-order valence-electron chi connectivity index (χ1n) is 6.78. The maximum atomic E-state index is 12.0. The van der Waals surface area contributed by atoms with Gasteiger partial charge in [-0.3, -0.25) is 4.79 Å². The number of amides is 1. The summed E-state index contributed by atoms with van der Waals surface area (Å²) < 4.78 is 5.29. The Labute approximate surface area is 118 Å². The monoisotopic (exact) mass is 273 g/mol. The van der Waals surface area contributed by atoms with Crippen LogP contribution < -0.4 is 11.1 Å². The van der Waals surface area contributed by atoms with E-state index < -0.39 is 0 Å². The predicted molar refractivity (Wildman–Crippen MR) is 77.4 cm³/mol. The molecule has 3 N–H and O–H groups in total. The molecule has 0 radical (unpaired) electrons. The third-order valence-corrected chi connectivity index (χ3v) is 2.97. The van der Waals surface area contributed by atoms with Crippen molar-refractivity contribution in [1.82, 2.24) is 4.98 Å². The number of carbonyl (C=O) groups is 1. The number of nitrogens with zero attached hydrogens (tertiary/aromatic N) is 1. The van der Waals surface area contributed by atoms with Crippen molar-refractivity contribution in [2.45, 2.75) is 32.2 Å². The van der Waals surface area contributed by atoms with Gasteiger partial charge in [-0.15, -0.1) is 0 Å². The lowest BCUT2D eigenvalue weighted by Gasteiger charge is -2.05. The number of para-hydroxylation sites is 1. The van der Waals surface area contributed by atoms with Gasteiger partial charge in [-0.2, -0.15) is 0 Å². The number of carbonyl (C=O) groups excluding carboxylic acids is 1. The van der Waals surface area contributed by atoms with Gasteiger partial charge in [-0.1, -0.05) is 38.0 Å². The number of benzene rings is 1. The van der Waals surface area contributed by atoms with Gasteiger partial charge in [0.2, 0.25) is 5.89 Å². The Kier molecular flexibility index (Phi) is 4.90. The molecule has 0 aliphatic heterocycles. The molecule has 2 rings (SSSR count). The second-order valence-electron chi connectivity index (χ2n) is 4.64. The number of anilines is 1. The second kappa shape index (κ2) is 6.86. The van der Waals surface area contributed by atoms with Gasteiger partial charge >= 0.3 is 0 Å². The number of hydrogen-bond acceptors (Lipinski definition) is 4. The highest BCUT2D eigenvalue weighted by Crippen LogP contribution is 2.17. The van der Waals surface area contributed by atoms with Gasteiger partial charge in [0.05, 0.1) is 6.04 Å². The van der Waals surface area contributed by atoms with Gasteiger partial charge in [0.25, 0.3) is 5.91 Å². The Morgan fingerprint density at radius 2 is 2.15 bits per heavy atom. The highest BCUT2D eigenvalue weighted by molar-refractivity contribution is 6.02. The fraction of sp³-hybridized carbons (Fsp3) is 0.333. The van der Waals surface area contributed by atoms with Crippen LogP contribution in [-0.4, -0.2) is 10.9 Å². The van der Waals surface area contributed by atoms with E-state index >= 15 is 0 Å². The summed E-state index contributed by atoms with van der Waals surface area (Å²) in [7, 11) is 0. The summed E-state index contributed by atoms with van der Waals surface area (Å²) >= 11 is 0. The molecule has 5 nitrogen and oxygen atoms in total. The molecular weight excluding hydrogens is 254 g/mol. The number of aromatic nitrogens is 1. The Bertz CT molecular complexity index is 551. The van der Waals surface area contributed by atoms with Crippen LogP contribution in [0.4, 0.5) is 5.69 Å². The number of hydrogen-bond donors (Lipinski definition) is 2. The van der Waals surface area contributed by atoms with Crippen LogP contribution in [0.3, 0.4) is 0 Å². The van der Waals surface area contributed by atoms with Gasteiger partial charge in [0.15, 0.2) is 5.69 Å². The van der Waals surface area contributed by atoms with Crippen LogP contribution in [0.1, 0.15) is 48.6 Å². The summed E-state index contributed by atoms with van der Waals surface area (Å²) in [4.78, 5) is 16.1. The first kappa shape index (κ1) is 14.3. The minimum Gasteiger partial charge on any atom is -0.446 e. The largest absolute Gasteiger partial charge is 0.446 e. The van der Waals surface area contributed by atoms with Crippen molar-refractivity contribution in [2.24, 2.45) is 5.73 Å². The predicted octanol–water partition coefficient (Wildman–Crippen LogP) is 3.12. The summed E-state index contributed by atoms with van der Waals surface area (Å²) in [5.41, 5.74) is 6.93. The lowest BCUT2D eigenvalue weighted by atomic mass is 10.1. The highest BCUT2D eigenvalue weighted by atomic mass is 16.3. The lowest BCUT2D eigenvalue weighted by Crippen LogP contribution is -2.14. The summed E-state index contributed by atoms with van der Waals surface area (Å²) in [6.45, 7) is 2.10. The normalized spacial score (nSPS) is 12.1. The molecule has 5 heteroatoms. The molecule has 1 aromatic carbocycles. The van der Waals surface area contributed by atoms with Crippen molar-refractivity contribution in [1.29, 1.82) is 0 Å². The molecule has 20 heavy (non-hydrogen) atoms. The summed E-state index contributed by atoms with van der Waals surface area (Å²) in [6.07, 6.45) is 4.22.